The number of ether oxygens (including phenoxy) is 3. The molecule has 1 aliphatic rings. The first-order chi connectivity index (χ1) is 13.8. The largest absolute Gasteiger partial charge is 0.493 e. The minimum absolute atomic E-state index is 0.221. The SMILES string of the molecule is COc1cccc(CNCCc2cnc[nH]2)c1OC[C@H](O)CN1CCOCC1. The average Bonchev–Trinajstić information content (AvgIpc) is 3.24. The first kappa shape index (κ1) is 20.6. The fourth-order valence-electron chi connectivity index (χ4n) is 3.21. The Bertz CT molecular complexity index is 690. The Morgan fingerprint density at radius 1 is 1.36 bits per heavy atom. The summed E-state index contributed by atoms with van der Waals surface area (Å²) in [6.07, 6.45) is 3.82. The maximum Gasteiger partial charge on any atom is 0.165 e. The van der Waals surface area contributed by atoms with Crippen LogP contribution in [0, 0.1) is 0 Å². The molecular formula is C20H30N4O4. The van der Waals surface area contributed by atoms with Crippen molar-refractivity contribution in [2.24, 2.45) is 0 Å². The highest BCUT2D eigenvalue weighted by Crippen LogP contribution is 2.31. The topological polar surface area (TPSA) is 91.9 Å². The predicted octanol–water partition coefficient (Wildman–Crippen LogP) is 0.823. The fraction of sp³-hybridized carbons (Fsp3) is 0.550. The number of H-pyrrole nitrogens is 1. The van der Waals surface area contributed by atoms with Crippen molar-refractivity contribution >= 4 is 0 Å². The lowest BCUT2D eigenvalue weighted by atomic mass is 10.1. The van der Waals surface area contributed by atoms with Crippen molar-refractivity contribution in [3.63, 3.8) is 0 Å². The summed E-state index contributed by atoms with van der Waals surface area (Å²) in [7, 11) is 1.63. The van der Waals surface area contributed by atoms with Crippen molar-refractivity contribution in [2.45, 2.75) is 19.1 Å². The van der Waals surface area contributed by atoms with Crippen molar-refractivity contribution < 1.29 is 19.3 Å². The van der Waals surface area contributed by atoms with Gasteiger partial charge in [-0.3, -0.25) is 4.90 Å². The van der Waals surface area contributed by atoms with E-state index >= 15 is 0 Å². The average molecular weight is 390 g/mol. The van der Waals surface area contributed by atoms with Crippen LogP contribution in [-0.2, 0) is 17.7 Å². The third-order valence-electron chi connectivity index (χ3n) is 4.71. The van der Waals surface area contributed by atoms with E-state index < -0.39 is 6.10 Å². The van der Waals surface area contributed by atoms with Crippen LogP contribution in [0.5, 0.6) is 11.5 Å². The number of aromatic nitrogens is 2. The van der Waals surface area contributed by atoms with Crippen LogP contribution in [0.1, 0.15) is 11.3 Å². The van der Waals surface area contributed by atoms with Crippen molar-refractivity contribution in [1.29, 1.82) is 0 Å². The van der Waals surface area contributed by atoms with Crippen molar-refractivity contribution in [1.82, 2.24) is 20.2 Å². The Hall–Kier alpha value is -2.13. The zero-order chi connectivity index (χ0) is 19.6. The molecular weight excluding hydrogens is 360 g/mol. The highest BCUT2D eigenvalue weighted by molar-refractivity contribution is 5.46. The molecule has 8 nitrogen and oxygen atoms in total. The molecule has 0 amide bonds. The number of nitrogens with one attached hydrogen (secondary N) is 2. The van der Waals surface area contributed by atoms with Gasteiger partial charge in [-0.25, -0.2) is 4.98 Å². The summed E-state index contributed by atoms with van der Waals surface area (Å²) in [6.45, 7) is 5.39. The first-order valence-electron chi connectivity index (χ1n) is 9.71. The molecule has 3 rings (SSSR count). The summed E-state index contributed by atoms with van der Waals surface area (Å²) in [6, 6.07) is 5.83. The molecule has 8 heteroatoms. The van der Waals surface area contributed by atoms with Crippen LogP contribution in [0.15, 0.2) is 30.7 Å². The normalized spacial score (nSPS) is 16.1. The van der Waals surface area contributed by atoms with Crippen LogP contribution in [0.25, 0.3) is 0 Å². The minimum atomic E-state index is -0.566. The van der Waals surface area contributed by atoms with E-state index in [0.717, 1.165) is 37.3 Å². The highest BCUT2D eigenvalue weighted by Gasteiger charge is 2.17. The molecule has 0 spiro atoms. The Kier molecular flexibility index (Phi) is 8.10. The molecule has 2 aromatic rings. The Morgan fingerprint density at radius 2 is 2.21 bits per heavy atom. The molecule has 0 bridgehead atoms. The summed E-state index contributed by atoms with van der Waals surface area (Å²) >= 11 is 0. The van der Waals surface area contributed by atoms with Gasteiger partial charge in [0.05, 0.1) is 26.7 Å². The van der Waals surface area contributed by atoms with Gasteiger partial charge >= 0.3 is 0 Å². The van der Waals surface area contributed by atoms with Gasteiger partial charge in [-0.1, -0.05) is 12.1 Å². The number of hydrogen-bond acceptors (Lipinski definition) is 7. The summed E-state index contributed by atoms with van der Waals surface area (Å²) < 4.78 is 16.8. The molecule has 2 heterocycles. The molecule has 28 heavy (non-hydrogen) atoms. The maximum absolute atomic E-state index is 10.4. The van der Waals surface area contributed by atoms with Gasteiger partial charge < -0.3 is 29.6 Å². The van der Waals surface area contributed by atoms with Crippen LogP contribution in [0.2, 0.25) is 0 Å². The molecule has 1 aliphatic heterocycles. The second-order valence-corrected chi connectivity index (χ2v) is 6.83. The smallest absolute Gasteiger partial charge is 0.165 e. The van der Waals surface area contributed by atoms with Crippen molar-refractivity contribution in [2.75, 3.05) is 53.1 Å². The molecule has 154 valence electrons. The molecule has 1 aromatic carbocycles. The maximum atomic E-state index is 10.4. The molecule has 1 fully saturated rings. The number of hydrogen-bond donors (Lipinski definition) is 3. The number of imidazole rings is 1. The van der Waals surface area contributed by atoms with E-state index in [1.807, 2.05) is 24.4 Å². The van der Waals surface area contributed by atoms with Gasteiger partial charge in [-0.2, -0.15) is 0 Å². The number of morpholine rings is 1. The quantitative estimate of drug-likeness (QED) is 0.489. The third-order valence-corrected chi connectivity index (χ3v) is 4.71. The van der Waals surface area contributed by atoms with Crippen LogP contribution in [0.3, 0.4) is 0 Å². The summed E-state index contributed by atoms with van der Waals surface area (Å²) in [5.74, 6) is 1.35. The zero-order valence-corrected chi connectivity index (χ0v) is 16.4. The van der Waals surface area contributed by atoms with Gasteiger partial charge in [-0.15, -0.1) is 0 Å². The number of aliphatic hydroxyl groups is 1. The Labute approximate surface area is 165 Å². The molecule has 0 unspecified atom stereocenters. The number of rotatable bonds is 11. The van der Waals surface area contributed by atoms with Gasteiger partial charge in [0.1, 0.15) is 12.7 Å². The molecule has 1 atom stereocenters. The van der Waals surface area contributed by atoms with E-state index in [1.54, 1.807) is 13.4 Å². The zero-order valence-electron chi connectivity index (χ0n) is 16.4. The summed E-state index contributed by atoms with van der Waals surface area (Å²) in [5, 5.41) is 13.8. The van der Waals surface area contributed by atoms with Gasteiger partial charge in [-0.05, 0) is 6.07 Å². The van der Waals surface area contributed by atoms with E-state index in [1.165, 1.54) is 0 Å². The molecule has 0 aliphatic carbocycles. The number of methoxy groups -OCH3 is 1. The molecule has 3 N–H and O–H groups in total. The van der Waals surface area contributed by atoms with E-state index in [2.05, 4.69) is 20.2 Å². The van der Waals surface area contributed by atoms with Crippen LogP contribution < -0.4 is 14.8 Å². The predicted molar refractivity (Wildman–Crippen MR) is 106 cm³/mol. The fourth-order valence-corrected chi connectivity index (χ4v) is 3.21. The lowest BCUT2D eigenvalue weighted by Gasteiger charge is -2.28. The summed E-state index contributed by atoms with van der Waals surface area (Å²) in [5.41, 5.74) is 2.10. The second-order valence-electron chi connectivity index (χ2n) is 6.83. The first-order valence-corrected chi connectivity index (χ1v) is 9.71. The lowest BCUT2D eigenvalue weighted by molar-refractivity contribution is 0.00436. The van der Waals surface area contributed by atoms with E-state index in [-0.39, 0.29) is 6.61 Å². The third kappa shape index (κ3) is 6.20. The monoisotopic (exact) mass is 390 g/mol. The number of aliphatic hydroxyl groups excluding tert-OH is 1. The van der Waals surface area contributed by atoms with Gasteiger partial charge in [0, 0.05) is 56.6 Å². The lowest BCUT2D eigenvalue weighted by Crippen LogP contribution is -2.42. The molecule has 0 saturated carbocycles. The molecule has 0 radical (unpaired) electrons. The van der Waals surface area contributed by atoms with Gasteiger partial charge in [0.15, 0.2) is 11.5 Å². The molecule has 1 aromatic heterocycles. The second kappa shape index (κ2) is 11.0. The minimum Gasteiger partial charge on any atom is -0.493 e. The van der Waals surface area contributed by atoms with E-state index in [4.69, 9.17) is 14.2 Å². The highest BCUT2D eigenvalue weighted by atomic mass is 16.5. The van der Waals surface area contributed by atoms with Crippen molar-refractivity contribution in [3.8, 4) is 11.5 Å². The summed E-state index contributed by atoms with van der Waals surface area (Å²) in [4.78, 5) is 9.31. The molecule has 1 saturated heterocycles. The number of benzene rings is 1. The van der Waals surface area contributed by atoms with E-state index in [9.17, 15) is 5.11 Å². The number of para-hydroxylation sites is 1. The Morgan fingerprint density at radius 3 is 2.96 bits per heavy atom. The van der Waals surface area contributed by atoms with Crippen LogP contribution >= 0.6 is 0 Å². The van der Waals surface area contributed by atoms with Crippen molar-refractivity contribution in [3.05, 3.63) is 42.0 Å². The number of β-amino-alcohol motifs (C(OH)–C–C–N with tert-alkyl or cyclic N) is 1. The van der Waals surface area contributed by atoms with Crippen LogP contribution in [-0.4, -0.2) is 79.2 Å². The number of aromatic amines is 1. The van der Waals surface area contributed by atoms with Gasteiger partial charge in [0.25, 0.3) is 0 Å². The van der Waals surface area contributed by atoms with Crippen LogP contribution in [0.4, 0.5) is 0 Å². The standard InChI is InChI=1S/C20H30N4O4/c1-26-19-4-2-3-16(11-21-6-5-17-12-22-15-23-17)20(19)28-14-18(25)13-24-7-9-27-10-8-24/h2-4,12,15,18,21,25H,5-11,13-14H2,1H3,(H,22,23)/t18-/m1/s1. The Balaban J connectivity index is 1.51. The van der Waals surface area contributed by atoms with Gasteiger partial charge in [0.2, 0.25) is 0 Å². The number of nitrogens with zero attached hydrogens (tertiary/aromatic N) is 2. The van der Waals surface area contributed by atoms with E-state index in [0.29, 0.717) is 37.8 Å².